The number of likely N-dealkylation sites (N-methyl/N-ethyl adjacent to an activating group) is 1. The van der Waals surface area contributed by atoms with Crippen LogP contribution in [0.25, 0.3) is 0 Å². The molecule has 1 aromatic rings. The number of carbonyl (C=O) groups excluding carboxylic acids is 1. The van der Waals surface area contributed by atoms with Gasteiger partial charge in [0.1, 0.15) is 6.54 Å². The summed E-state index contributed by atoms with van der Waals surface area (Å²) in [5, 5.41) is 7.02. The van der Waals surface area contributed by atoms with Crippen LogP contribution in [0.2, 0.25) is 0 Å². The average Bonchev–Trinajstić information content (AvgIpc) is 3.27. The van der Waals surface area contributed by atoms with Crippen LogP contribution in [0.3, 0.4) is 0 Å². The minimum Gasteiger partial charge on any atom is -0.356 e. The van der Waals surface area contributed by atoms with Gasteiger partial charge >= 0.3 is 0 Å². The molecular weight excluding hydrogens is 362 g/mol. The van der Waals surface area contributed by atoms with Gasteiger partial charge in [-0.05, 0) is 37.7 Å². The predicted octanol–water partition coefficient (Wildman–Crippen LogP) is 2.26. The summed E-state index contributed by atoms with van der Waals surface area (Å²) in [7, 11) is 3.54. The lowest BCUT2D eigenvalue weighted by Gasteiger charge is -2.36. The first-order chi connectivity index (χ1) is 14.1. The lowest BCUT2D eigenvalue weighted by Crippen LogP contribution is -2.50. The van der Waals surface area contributed by atoms with Crippen molar-refractivity contribution < 1.29 is 4.79 Å². The SMILES string of the molecule is CN(C)C(=O)CN=C(NCCc1ccccc1)NC1CCN(C2CCCC2)CC1. The summed E-state index contributed by atoms with van der Waals surface area (Å²) in [6.45, 7) is 3.30. The van der Waals surface area contributed by atoms with E-state index in [9.17, 15) is 4.79 Å². The fourth-order valence-corrected chi connectivity index (χ4v) is 4.28. The van der Waals surface area contributed by atoms with Crippen molar-refractivity contribution in [3.05, 3.63) is 35.9 Å². The summed E-state index contributed by atoms with van der Waals surface area (Å²) in [5.41, 5.74) is 1.30. The molecule has 0 spiro atoms. The Kier molecular flexibility index (Phi) is 8.35. The van der Waals surface area contributed by atoms with Crippen LogP contribution in [0.4, 0.5) is 0 Å². The third-order valence-corrected chi connectivity index (χ3v) is 6.13. The quantitative estimate of drug-likeness (QED) is 0.545. The van der Waals surface area contributed by atoms with Crippen molar-refractivity contribution in [1.29, 1.82) is 0 Å². The number of benzene rings is 1. The van der Waals surface area contributed by atoms with Gasteiger partial charge < -0.3 is 20.4 Å². The second kappa shape index (κ2) is 11.2. The van der Waals surface area contributed by atoms with Gasteiger partial charge in [-0.1, -0.05) is 43.2 Å². The highest BCUT2D eigenvalue weighted by Gasteiger charge is 2.27. The zero-order valence-corrected chi connectivity index (χ0v) is 18.1. The third kappa shape index (κ3) is 7.03. The molecule has 0 bridgehead atoms. The molecule has 1 aromatic carbocycles. The van der Waals surface area contributed by atoms with E-state index >= 15 is 0 Å². The van der Waals surface area contributed by atoms with Crippen LogP contribution in [0.5, 0.6) is 0 Å². The van der Waals surface area contributed by atoms with E-state index in [0.29, 0.717) is 6.04 Å². The number of nitrogens with zero attached hydrogens (tertiary/aromatic N) is 3. The van der Waals surface area contributed by atoms with Gasteiger partial charge in [-0.25, -0.2) is 4.99 Å². The lowest BCUT2D eigenvalue weighted by atomic mass is 10.0. The van der Waals surface area contributed by atoms with E-state index in [0.717, 1.165) is 50.9 Å². The molecule has 3 rings (SSSR count). The maximum atomic E-state index is 12.0. The number of guanidine groups is 1. The summed E-state index contributed by atoms with van der Waals surface area (Å²) in [5.74, 6) is 0.778. The van der Waals surface area contributed by atoms with Crippen LogP contribution in [-0.2, 0) is 11.2 Å². The summed E-state index contributed by atoms with van der Waals surface area (Å²) in [4.78, 5) is 20.8. The summed E-state index contributed by atoms with van der Waals surface area (Å²) in [6, 6.07) is 11.7. The van der Waals surface area contributed by atoms with Gasteiger partial charge in [0, 0.05) is 45.8 Å². The van der Waals surface area contributed by atoms with Crippen LogP contribution in [0.15, 0.2) is 35.3 Å². The number of amides is 1. The minimum atomic E-state index is 0.0187. The number of aliphatic imine (C=N–C) groups is 1. The number of rotatable bonds is 7. The van der Waals surface area contributed by atoms with Gasteiger partial charge in [0.15, 0.2) is 5.96 Å². The lowest BCUT2D eigenvalue weighted by molar-refractivity contribution is -0.127. The van der Waals surface area contributed by atoms with E-state index in [1.807, 2.05) is 6.07 Å². The second-order valence-electron chi connectivity index (χ2n) is 8.51. The first kappa shape index (κ1) is 21.6. The van der Waals surface area contributed by atoms with Gasteiger partial charge in [0.25, 0.3) is 0 Å². The van der Waals surface area contributed by atoms with Crippen molar-refractivity contribution in [2.24, 2.45) is 4.99 Å². The molecule has 0 radical (unpaired) electrons. The molecule has 1 saturated carbocycles. The van der Waals surface area contributed by atoms with E-state index in [1.165, 1.54) is 31.2 Å². The highest BCUT2D eigenvalue weighted by Crippen LogP contribution is 2.26. The van der Waals surface area contributed by atoms with E-state index in [-0.39, 0.29) is 12.5 Å². The Balaban J connectivity index is 1.50. The molecule has 6 nitrogen and oxygen atoms in total. The Hall–Kier alpha value is -2.08. The van der Waals surface area contributed by atoms with Crippen molar-refractivity contribution in [1.82, 2.24) is 20.4 Å². The maximum Gasteiger partial charge on any atom is 0.243 e. The van der Waals surface area contributed by atoms with Crippen molar-refractivity contribution in [3.8, 4) is 0 Å². The van der Waals surface area contributed by atoms with Gasteiger partial charge in [-0.15, -0.1) is 0 Å². The number of carbonyl (C=O) groups is 1. The molecule has 2 fully saturated rings. The van der Waals surface area contributed by atoms with E-state index in [2.05, 4.69) is 44.8 Å². The molecule has 0 unspecified atom stereocenters. The second-order valence-corrected chi connectivity index (χ2v) is 8.51. The van der Waals surface area contributed by atoms with Crippen LogP contribution >= 0.6 is 0 Å². The van der Waals surface area contributed by atoms with E-state index in [1.54, 1.807) is 19.0 Å². The molecule has 160 valence electrons. The van der Waals surface area contributed by atoms with Gasteiger partial charge in [-0.3, -0.25) is 4.79 Å². The number of hydrogen-bond donors (Lipinski definition) is 2. The Morgan fingerprint density at radius 2 is 1.79 bits per heavy atom. The number of hydrogen-bond acceptors (Lipinski definition) is 3. The third-order valence-electron chi connectivity index (χ3n) is 6.13. The Bertz CT molecular complexity index is 646. The van der Waals surface area contributed by atoms with Crippen LogP contribution in [0.1, 0.15) is 44.1 Å². The Morgan fingerprint density at radius 3 is 2.45 bits per heavy atom. The number of likely N-dealkylation sites (tertiary alicyclic amines) is 1. The highest BCUT2D eigenvalue weighted by molar-refractivity contribution is 5.84. The van der Waals surface area contributed by atoms with E-state index in [4.69, 9.17) is 0 Å². The Labute approximate surface area is 175 Å². The fourth-order valence-electron chi connectivity index (χ4n) is 4.28. The first-order valence-corrected chi connectivity index (χ1v) is 11.1. The van der Waals surface area contributed by atoms with Gasteiger partial charge in [-0.2, -0.15) is 0 Å². The molecule has 0 aromatic heterocycles. The molecule has 1 heterocycles. The average molecular weight is 400 g/mol. The molecule has 6 heteroatoms. The van der Waals surface area contributed by atoms with Crippen LogP contribution < -0.4 is 10.6 Å². The molecule has 1 aliphatic heterocycles. The van der Waals surface area contributed by atoms with Crippen LogP contribution in [0, 0.1) is 0 Å². The van der Waals surface area contributed by atoms with Crippen molar-refractivity contribution >= 4 is 11.9 Å². The normalized spacial score (nSPS) is 19.3. The maximum absolute atomic E-state index is 12.0. The molecule has 1 aliphatic carbocycles. The van der Waals surface area contributed by atoms with Crippen molar-refractivity contribution in [3.63, 3.8) is 0 Å². The molecule has 0 atom stereocenters. The molecule has 29 heavy (non-hydrogen) atoms. The monoisotopic (exact) mass is 399 g/mol. The van der Waals surface area contributed by atoms with Crippen molar-refractivity contribution in [2.45, 2.75) is 57.0 Å². The number of nitrogens with one attached hydrogen (secondary N) is 2. The Morgan fingerprint density at radius 1 is 1.10 bits per heavy atom. The van der Waals surface area contributed by atoms with Gasteiger partial charge in [0.2, 0.25) is 5.91 Å². The predicted molar refractivity (Wildman–Crippen MR) is 119 cm³/mol. The minimum absolute atomic E-state index is 0.0187. The molecule has 2 aliphatic rings. The zero-order chi connectivity index (χ0) is 20.5. The van der Waals surface area contributed by atoms with Gasteiger partial charge in [0.05, 0.1) is 0 Å². The molecule has 1 saturated heterocycles. The number of piperidine rings is 1. The smallest absolute Gasteiger partial charge is 0.243 e. The summed E-state index contributed by atoms with van der Waals surface area (Å²) >= 11 is 0. The standard InChI is InChI=1S/C23H37N5O/c1-27(2)22(29)18-25-23(24-15-12-19-8-4-3-5-9-19)26-20-13-16-28(17-14-20)21-10-6-7-11-21/h3-5,8-9,20-21H,6-7,10-18H2,1-2H3,(H2,24,25,26). The molecule has 1 amide bonds. The largest absolute Gasteiger partial charge is 0.356 e. The fraction of sp³-hybridized carbons (Fsp3) is 0.652. The van der Waals surface area contributed by atoms with E-state index < -0.39 is 0 Å². The summed E-state index contributed by atoms with van der Waals surface area (Å²) < 4.78 is 0. The van der Waals surface area contributed by atoms with Crippen molar-refractivity contribution in [2.75, 3.05) is 40.3 Å². The first-order valence-electron chi connectivity index (χ1n) is 11.1. The highest BCUT2D eigenvalue weighted by atomic mass is 16.2. The zero-order valence-electron chi connectivity index (χ0n) is 18.1. The van der Waals surface area contributed by atoms with Crippen LogP contribution in [-0.4, -0.2) is 74.0 Å². The topological polar surface area (TPSA) is 60.0 Å². The summed E-state index contributed by atoms with van der Waals surface area (Å²) in [6.07, 6.45) is 8.74. The molecular formula is C23H37N5O. The molecule has 2 N–H and O–H groups in total.